The lowest BCUT2D eigenvalue weighted by atomic mass is 9.59. The average Bonchev–Trinajstić information content (AvgIpc) is 3.69. The standard InChI is InChI=1S/C51H36B5N3O/c52-43-42(44(53)46(55)47(56)45(43)54)27-17-19-29(20-18-27)50-57-49(28-9-2-1-3-10-28)58-51(59-50)31-22-24-38-39-16-8-15-32(48(39)60-41(38)26-31)30-21-23-37-35-13-5-4-11-33(35)34-12-6-7-14-36(34)40(37)25-30/h1-26H,52-56H2. The largest absolute Gasteiger partial charge is 0.455 e. The number of fused-ring (bicyclic) bond motifs is 9. The van der Waals surface area contributed by atoms with Gasteiger partial charge in [0.2, 0.25) is 0 Å². The van der Waals surface area contributed by atoms with Gasteiger partial charge in [0.05, 0.1) is 0 Å². The quantitative estimate of drug-likeness (QED) is 0.186. The minimum absolute atomic E-state index is 0.593. The van der Waals surface area contributed by atoms with Crippen LogP contribution >= 0.6 is 0 Å². The van der Waals surface area contributed by atoms with Crippen molar-refractivity contribution in [1.82, 2.24) is 15.0 Å². The van der Waals surface area contributed by atoms with E-state index in [4.69, 9.17) is 19.4 Å². The minimum atomic E-state index is 0.593. The fraction of sp³-hybridized carbons (Fsp3) is 0. The molecule has 0 atom stereocenters. The molecule has 2 aromatic heterocycles. The monoisotopic (exact) mass is 761 g/mol. The van der Waals surface area contributed by atoms with E-state index >= 15 is 0 Å². The third-order valence-electron chi connectivity index (χ3n) is 12.9. The Kier molecular flexibility index (Phi) is 8.42. The zero-order chi connectivity index (χ0) is 40.6. The first-order chi connectivity index (χ1) is 29.3. The maximum atomic E-state index is 6.83. The van der Waals surface area contributed by atoms with Gasteiger partial charge in [0.1, 0.15) is 50.4 Å². The second-order valence-electron chi connectivity index (χ2n) is 16.1. The van der Waals surface area contributed by atoms with Crippen molar-refractivity contribution in [3.63, 3.8) is 0 Å². The highest BCUT2D eigenvalue weighted by Crippen LogP contribution is 2.41. The van der Waals surface area contributed by atoms with E-state index in [0.717, 1.165) is 49.8 Å². The molecule has 0 aliphatic heterocycles. The molecule has 60 heavy (non-hydrogen) atoms. The van der Waals surface area contributed by atoms with Crippen molar-refractivity contribution >= 4 is 121 Å². The normalized spacial score (nSPS) is 11.7. The van der Waals surface area contributed by atoms with Crippen LogP contribution in [0.25, 0.3) is 111 Å². The SMILES string of the molecule is Bc1c(B)c(B)c(-c2ccc(-c3nc(-c4ccccc4)nc(-c4ccc5c(c4)oc4c(-c6ccc7c8ccccc8c8ccccc8c7c6)cccc45)n3)cc2)c(B)c1B. The summed E-state index contributed by atoms with van der Waals surface area (Å²) < 4.78 is 6.83. The van der Waals surface area contributed by atoms with E-state index in [9.17, 15) is 0 Å². The van der Waals surface area contributed by atoms with E-state index in [1.165, 1.54) is 70.8 Å². The van der Waals surface area contributed by atoms with Crippen LogP contribution in [0.5, 0.6) is 0 Å². The molecule has 0 bridgehead atoms. The molecule has 0 saturated carbocycles. The Hall–Kier alpha value is -7.11. The maximum Gasteiger partial charge on any atom is 0.164 e. The van der Waals surface area contributed by atoms with Crippen LogP contribution in [-0.4, -0.2) is 54.2 Å². The Balaban J connectivity index is 1.03. The van der Waals surface area contributed by atoms with Crippen molar-refractivity contribution in [2.24, 2.45) is 0 Å². The van der Waals surface area contributed by atoms with Gasteiger partial charge in [-0.2, -0.15) is 0 Å². The average molecular weight is 761 g/mol. The van der Waals surface area contributed by atoms with Crippen molar-refractivity contribution in [3.05, 3.63) is 158 Å². The molecule has 0 radical (unpaired) electrons. The van der Waals surface area contributed by atoms with Crippen molar-refractivity contribution in [3.8, 4) is 56.4 Å². The van der Waals surface area contributed by atoms with E-state index in [2.05, 4.69) is 167 Å². The summed E-state index contributed by atoms with van der Waals surface area (Å²) >= 11 is 0. The van der Waals surface area contributed by atoms with E-state index in [-0.39, 0.29) is 0 Å². The van der Waals surface area contributed by atoms with Crippen LogP contribution in [0.1, 0.15) is 0 Å². The second kappa shape index (κ2) is 14.0. The summed E-state index contributed by atoms with van der Waals surface area (Å²) in [5, 5.41) is 9.65. The smallest absolute Gasteiger partial charge is 0.164 e. The molecule has 0 amide bonds. The van der Waals surface area contributed by atoms with E-state index in [1.807, 2.05) is 30.3 Å². The number of aromatic nitrogens is 3. The lowest BCUT2D eigenvalue weighted by Crippen LogP contribution is -2.55. The van der Waals surface area contributed by atoms with Gasteiger partial charge < -0.3 is 4.42 Å². The maximum absolute atomic E-state index is 6.83. The van der Waals surface area contributed by atoms with Gasteiger partial charge in [-0.3, -0.25) is 0 Å². The molecule has 0 spiro atoms. The summed E-state index contributed by atoms with van der Waals surface area (Å²) in [7, 11) is 11.1. The van der Waals surface area contributed by atoms with E-state index in [0.29, 0.717) is 17.5 Å². The van der Waals surface area contributed by atoms with Crippen LogP contribution in [0.3, 0.4) is 0 Å². The zero-order valence-electron chi connectivity index (χ0n) is 34.3. The van der Waals surface area contributed by atoms with Crippen molar-refractivity contribution in [1.29, 1.82) is 0 Å². The van der Waals surface area contributed by atoms with E-state index < -0.39 is 0 Å². The van der Waals surface area contributed by atoms with Gasteiger partial charge >= 0.3 is 0 Å². The summed E-state index contributed by atoms with van der Waals surface area (Å²) in [5.74, 6) is 1.84. The molecule has 4 nitrogen and oxygen atoms in total. The third kappa shape index (κ3) is 5.72. The number of hydrogen-bond acceptors (Lipinski definition) is 4. The molecule has 2 heterocycles. The number of para-hydroxylation sites is 1. The molecule has 11 aromatic rings. The molecule has 0 saturated heterocycles. The number of rotatable bonds is 5. The molecule has 276 valence electrons. The first-order valence-corrected chi connectivity index (χ1v) is 20.6. The molecule has 0 fully saturated rings. The molecular formula is C51H36B5N3O. The molecule has 0 unspecified atom stereocenters. The highest BCUT2D eigenvalue weighted by atomic mass is 16.3. The second-order valence-corrected chi connectivity index (χ2v) is 16.1. The fourth-order valence-electron chi connectivity index (χ4n) is 9.31. The predicted octanol–water partition coefficient (Wildman–Crippen LogP) is 4.86. The molecule has 11 rings (SSSR count). The predicted molar refractivity (Wildman–Crippen MR) is 268 cm³/mol. The van der Waals surface area contributed by atoms with Gasteiger partial charge in [-0.1, -0.05) is 150 Å². The van der Waals surface area contributed by atoms with Crippen LogP contribution in [0.15, 0.2) is 162 Å². The Morgan fingerprint density at radius 2 is 0.767 bits per heavy atom. The van der Waals surface area contributed by atoms with E-state index in [1.54, 1.807) is 0 Å². The lowest BCUT2D eigenvalue weighted by molar-refractivity contribution is 0.670. The number of furan rings is 1. The van der Waals surface area contributed by atoms with Gasteiger partial charge in [-0.25, -0.2) is 15.0 Å². The molecule has 0 N–H and O–H groups in total. The number of hydrogen-bond donors (Lipinski definition) is 0. The molecular weight excluding hydrogens is 725 g/mol. The van der Waals surface area contributed by atoms with Crippen molar-refractivity contribution in [2.75, 3.05) is 0 Å². The third-order valence-corrected chi connectivity index (χ3v) is 12.9. The van der Waals surface area contributed by atoms with Crippen molar-refractivity contribution in [2.45, 2.75) is 0 Å². The Morgan fingerprint density at radius 1 is 0.317 bits per heavy atom. The van der Waals surface area contributed by atoms with Crippen LogP contribution in [0.4, 0.5) is 0 Å². The Bertz CT molecular complexity index is 3490. The first kappa shape index (κ1) is 36.0. The van der Waals surface area contributed by atoms with Crippen molar-refractivity contribution < 1.29 is 4.42 Å². The molecule has 9 heteroatoms. The van der Waals surface area contributed by atoms with Gasteiger partial charge in [0.15, 0.2) is 17.5 Å². The topological polar surface area (TPSA) is 51.8 Å². The minimum Gasteiger partial charge on any atom is -0.455 e. The van der Waals surface area contributed by atoms with Crippen LogP contribution in [0, 0.1) is 0 Å². The lowest BCUT2D eigenvalue weighted by Gasteiger charge is -2.20. The zero-order valence-corrected chi connectivity index (χ0v) is 34.3. The highest BCUT2D eigenvalue weighted by molar-refractivity contribution is 6.68. The van der Waals surface area contributed by atoms with Gasteiger partial charge in [-0.15, -0.1) is 16.4 Å². The fourth-order valence-corrected chi connectivity index (χ4v) is 9.31. The Morgan fingerprint density at radius 3 is 1.40 bits per heavy atom. The summed E-state index contributed by atoms with van der Waals surface area (Å²) in [6.45, 7) is 0. The Labute approximate surface area is 352 Å². The highest BCUT2D eigenvalue weighted by Gasteiger charge is 2.19. The number of benzene rings is 9. The van der Waals surface area contributed by atoms with Gasteiger partial charge in [-0.05, 0) is 67.2 Å². The van der Waals surface area contributed by atoms with Gasteiger partial charge in [0.25, 0.3) is 0 Å². The first-order valence-electron chi connectivity index (χ1n) is 20.6. The van der Waals surface area contributed by atoms with Crippen LogP contribution in [-0.2, 0) is 0 Å². The summed E-state index contributed by atoms with van der Waals surface area (Å²) in [6.07, 6.45) is 0. The molecule has 0 aliphatic rings. The summed E-state index contributed by atoms with van der Waals surface area (Å²) in [6, 6.07) is 55.8. The number of nitrogens with zero attached hydrogens (tertiary/aromatic N) is 3. The molecule has 9 aromatic carbocycles. The van der Waals surface area contributed by atoms with Crippen LogP contribution < -0.4 is 27.3 Å². The summed E-state index contributed by atoms with van der Waals surface area (Å²) in [4.78, 5) is 15.2. The van der Waals surface area contributed by atoms with Gasteiger partial charge in [0, 0.05) is 33.0 Å². The summed E-state index contributed by atoms with van der Waals surface area (Å²) in [5.41, 5.74) is 15.8. The molecule has 0 aliphatic carbocycles. The van der Waals surface area contributed by atoms with Crippen LogP contribution in [0.2, 0.25) is 0 Å².